The van der Waals surface area contributed by atoms with Gasteiger partial charge in [-0.15, -0.1) is 10.2 Å². The van der Waals surface area contributed by atoms with Crippen LogP contribution in [0.1, 0.15) is 11.3 Å². The highest BCUT2D eigenvalue weighted by atomic mass is 32.1. The zero-order valence-electron chi connectivity index (χ0n) is 12.1. The molecule has 1 amide bonds. The van der Waals surface area contributed by atoms with E-state index in [-0.39, 0.29) is 17.9 Å². The van der Waals surface area contributed by atoms with E-state index in [9.17, 15) is 9.59 Å². The molecule has 0 aliphatic heterocycles. The monoisotopic (exact) mass is 328 g/mol. The van der Waals surface area contributed by atoms with Crippen LogP contribution < -0.4 is 10.9 Å². The van der Waals surface area contributed by atoms with E-state index in [0.717, 1.165) is 0 Å². The summed E-state index contributed by atoms with van der Waals surface area (Å²) in [4.78, 5) is 35.4. The first-order valence-electron chi connectivity index (χ1n) is 6.70. The zero-order valence-corrected chi connectivity index (χ0v) is 12.9. The highest BCUT2D eigenvalue weighted by Gasteiger charge is 2.14. The number of anilines is 1. The predicted molar refractivity (Wildman–Crippen MR) is 85.1 cm³/mol. The molecule has 3 aromatic heterocycles. The van der Waals surface area contributed by atoms with Gasteiger partial charge in [-0.2, -0.15) is 0 Å². The Balaban J connectivity index is 1.83. The third kappa shape index (κ3) is 3.46. The maximum Gasteiger partial charge on any atom is 0.255 e. The number of aryl methyl sites for hydroxylation is 1. The van der Waals surface area contributed by atoms with Crippen molar-refractivity contribution in [2.24, 2.45) is 0 Å². The Bertz CT molecular complexity index is 876. The van der Waals surface area contributed by atoms with Crippen molar-refractivity contribution < 1.29 is 4.79 Å². The molecule has 2 N–H and O–H groups in total. The van der Waals surface area contributed by atoms with Crippen molar-refractivity contribution >= 4 is 22.4 Å². The van der Waals surface area contributed by atoms with Gasteiger partial charge in [0.25, 0.3) is 5.56 Å². The molecule has 0 bridgehead atoms. The van der Waals surface area contributed by atoms with E-state index in [2.05, 4.69) is 30.5 Å². The van der Waals surface area contributed by atoms with Gasteiger partial charge in [0, 0.05) is 17.5 Å². The molecule has 3 aromatic rings. The third-order valence-electron chi connectivity index (χ3n) is 3.07. The first-order valence-corrected chi connectivity index (χ1v) is 7.58. The fourth-order valence-electron chi connectivity index (χ4n) is 1.99. The summed E-state index contributed by atoms with van der Waals surface area (Å²) >= 11 is 1.21. The fourth-order valence-corrected chi connectivity index (χ4v) is 2.46. The normalized spacial score (nSPS) is 10.5. The summed E-state index contributed by atoms with van der Waals surface area (Å²) in [7, 11) is 0. The first-order chi connectivity index (χ1) is 11.1. The lowest BCUT2D eigenvalue weighted by molar-refractivity contribution is -0.115. The van der Waals surface area contributed by atoms with Crippen molar-refractivity contribution in [2.75, 3.05) is 5.32 Å². The van der Waals surface area contributed by atoms with E-state index < -0.39 is 0 Å². The Hall–Kier alpha value is -2.94. The van der Waals surface area contributed by atoms with Gasteiger partial charge >= 0.3 is 0 Å². The smallest absolute Gasteiger partial charge is 0.255 e. The summed E-state index contributed by atoms with van der Waals surface area (Å²) in [5, 5.41) is 10.3. The quantitative estimate of drug-likeness (QED) is 0.743. The second-order valence-corrected chi connectivity index (χ2v) is 5.50. The molecular formula is C14H12N6O2S. The number of hydrogen-bond donors (Lipinski definition) is 2. The summed E-state index contributed by atoms with van der Waals surface area (Å²) in [5.41, 5.74) is 2.52. The van der Waals surface area contributed by atoms with Gasteiger partial charge in [0.15, 0.2) is 5.82 Å². The average Bonchev–Trinajstić information content (AvgIpc) is 3.04. The van der Waals surface area contributed by atoms with Crippen LogP contribution in [0.2, 0.25) is 0 Å². The maximum atomic E-state index is 12.2. The topological polar surface area (TPSA) is 114 Å². The molecule has 8 nitrogen and oxygen atoms in total. The zero-order chi connectivity index (χ0) is 16.2. The van der Waals surface area contributed by atoms with Crippen LogP contribution in [0.4, 0.5) is 5.13 Å². The van der Waals surface area contributed by atoms with Crippen molar-refractivity contribution in [1.29, 1.82) is 0 Å². The number of nitrogens with one attached hydrogen (secondary N) is 2. The van der Waals surface area contributed by atoms with Crippen LogP contribution in [0.5, 0.6) is 0 Å². The molecule has 0 radical (unpaired) electrons. The van der Waals surface area contributed by atoms with E-state index in [4.69, 9.17) is 0 Å². The molecule has 0 spiro atoms. The standard InChI is InChI=1S/C14H12N6O2S/c1-8-9(6-11(21)18-14-20-16-7-23-14)13(22)19-12(17-8)10-4-2-3-5-15-10/h2-5,7H,6H2,1H3,(H,17,19,22)(H,18,20,21). The molecule has 3 heterocycles. The van der Waals surface area contributed by atoms with Gasteiger partial charge in [0.1, 0.15) is 11.2 Å². The molecule has 116 valence electrons. The highest BCUT2D eigenvalue weighted by molar-refractivity contribution is 7.13. The Morgan fingerprint density at radius 1 is 1.39 bits per heavy atom. The SMILES string of the molecule is Cc1nc(-c2ccccn2)[nH]c(=O)c1CC(=O)Nc1nncs1. The van der Waals surface area contributed by atoms with Gasteiger partial charge in [-0.1, -0.05) is 17.4 Å². The number of pyridine rings is 1. The number of carbonyl (C=O) groups excluding carboxylic acids is 1. The molecule has 0 unspecified atom stereocenters. The van der Waals surface area contributed by atoms with E-state index in [1.807, 2.05) is 0 Å². The van der Waals surface area contributed by atoms with Gasteiger partial charge in [-0.05, 0) is 19.1 Å². The lowest BCUT2D eigenvalue weighted by Crippen LogP contribution is -2.24. The molecule has 9 heteroatoms. The number of H-pyrrole nitrogens is 1. The van der Waals surface area contributed by atoms with Crippen molar-refractivity contribution in [1.82, 2.24) is 25.1 Å². The molecule has 23 heavy (non-hydrogen) atoms. The molecule has 0 atom stereocenters. The van der Waals surface area contributed by atoms with Gasteiger partial charge in [-0.3, -0.25) is 14.6 Å². The van der Waals surface area contributed by atoms with Crippen molar-refractivity contribution in [3.63, 3.8) is 0 Å². The number of rotatable bonds is 4. The number of hydrogen-bond acceptors (Lipinski definition) is 7. The van der Waals surface area contributed by atoms with Crippen molar-refractivity contribution in [3.8, 4) is 11.5 Å². The number of nitrogens with zero attached hydrogens (tertiary/aromatic N) is 4. The lowest BCUT2D eigenvalue weighted by atomic mass is 10.1. The number of aromatic nitrogens is 5. The van der Waals surface area contributed by atoms with Crippen LogP contribution in [0, 0.1) is 6.92 Å². The predicted octanol–water partition coefficient (Wildman–Crippen LogP) is 1.17. The molecule has 0 aliphatic carbocycles. The minimum absolute atomic E-state index is 0.0871. The summed E-state index contributed by atoms with van der Waals surface area (Å²) in [6.07, 6.45) is 1.53. The average molecular weight is 328 g/mol. The second kappa shape index (κ2) is 6.44. The third-order valence-corrected chi connectivity index (χ3v) is 3.68. The Morgan fingerprint density at radius 2 is 2.26 bits per heavy atom. The summed E-state index contributed by atoms with van der Waals surface area (Å²) in [6.45, 7) is 1.69. The second-order valence-electron chi connectivity index (χ2n) is 4.66. The van der Waals surface area contributed by atoms with Crippen LogP contribution in [0.25, 0.3) is 11.5 Å². The van der Waals surface area contributed by atoms with Crippen molar-refractivity contribution in [2.45, 2.75) is 13.3 Å². The minimum atomic E-state index is -0.356. The number of carbonyl (C=O) groups is 1. The number of aromatic amines is 1. The van der Waals surface area contributed by atoms with Crippen LogP contribution >= 0.6 is 11.3 Å². The Kier molecular flexibility index (Phi) is 4.20. The minimum Gasteiger partial charge on any atom is -0.305 e. The van der Waals surface area contributed by atoms with E-state index >= 15 is 0 Å². The van der Waals surface area contributed by atoms with Gasteiger partial charge in [0.2, 0.25) is 11.0 Å². The van der Waals surface area contributed by atoms with Gasteiger partial charge < -0.3 is 10.3 Å². The molecule has 0 saturated heterocycles. The van der Waals surface area contributed by atoms with Gasteiger partial charge in [0.05, 0.1) is 6.42 Å². The molecule has 0 fully saturated rings. The summed E-state index contributed by atoms with van der Waals surface area (Å²) in [5.74, 6) is 0.0316. The molecule has 3 rings (SSSR count). The van der Waals surface area contributed by atoms with E-state index in [0.29, 0.717) is 27.9 Å². The Morgan fingerprint density at radius 3 is 2.91 bits per heavy atom. The van der Waals surface area contributed by atoms with Gasteiger partial charge in [-0.25, -0.2) is 4.98 Å². The highest BCUT2D eigenvalue weighted by Crippen LogP contribution is 2.12. The summed E-state index contributed by atoms with van der Waals surface area (Å²) in [6, 6.07) is 5.33. The molecule has 0 aromatic carbocycles. The molecule has 0 saturated carbocycles. The van der Waals surface area contributed by atoms with Crippen LogP contribution in [-0.2, 0) is 11.2 Å². The van der Waals surface area contributed by atoms with Crippen molar-refractivity contribution in [3.05, 3.63) is 51.5 Å². The van der Waals surface area contributed by atoms with E-state index in [1.165, 1.54) is 16.8 Å². The Labute approximate surface area is 134 Å². The molecule has 0 aliphatic rings. The fraction of sp³-hybridized carbons (Fsp3) is 0.143. The van der Waals surface area contributed by atoms with Crippen LogP contribution in [0.15, 0.2) is 34.7 Å². The lowest BCUT2D eigenvalue weighted by Gasteiger charge is -2.06. The van der Waals surface area contributed by atoms with E-state index in [1.54, 1.807) is 31.3 Å². The molecular weight excluding hydrogens is 316 g/mol. The largest absolute Gasteiger partial charge is 0.305 e. The van der Waals surface area contributed by atoms with Crippen LogP contribution in [0.3, 0.4) is 0 Å². The first kappa shape index (κ1) is 15.0. The maximum absolute atomic E-state index is 12.2. The number of amides is 1. The van der Waals surface area contributed by atoms with Crippen LogP contribution in [-0.4, -0.2) is 31.1 Å². The summed E-state index contributed by atoms with van der Waals surface area (Å²) < 4.78 is 0.